The highest BCUT2D eigenvalue weighted by Crippen LogP contribution is 2.28. The van der Waals surface area contributed by atoms with Crippen LogP contribution < -0.4 is 22.7 Å². The number of nitrogens with one attached hydrogen (secondary N) is 1. The van der Waals surface area contributed by atoms with Gasteiger partial charge in [-0.1, -0.05) is 12.1 Å². The van der Waals surface area contributed by atoms with Gasteiger partial charge in [0.15, 0.2) is 5.96 Å². The van der Waals surface area contributed by atoms with Crippen molar-refractivity contribution in [3.05, 3.63) is 66.0 Å². The number of aliphatic imine (C=N–C) groups is 1. The van der Waals surface area contributed by atoms with Gasteiger partial charge in [0.05, 0.1) is 21.8 Å². The van der Waals surface area contributed by atoms with Crippen LogP contribution in [-0.2, 0) is 16.0 Å². The summed E-state index contributed by atoms with van der Waals surface area (Å²) < 4.78 is 12.4. The second-order valence-corrected chi connectivity index (χ2v) is 7.77. The van der Waals surface area contributed by atoms with Crippen molar-refractivity contribution in [3.8, 4) is 0 Å². The smallest absolute Gasteiger partial charge is 0.338 e. The van der Waals surface area contributed by atoms with E-state index in [-0.39, 0.29) is 19.0 Å². The molecule has 1 aliphatic heterocycles. The van der Waals surface area contributed by atoms with E-state index in [0.29, 0.717) is 15.7 Å². The molecule has 3 atom stereocenters. The van der Waals surface area contributed by atoms with E-state index in [9.17, 15) is 19.5 Å². The Morgan fingerprint density at radius 3 is 2.70 bits per heavy atom. The molecule has 1 aliphatic rings. The minimum Gasteiger partial charge on any atom is -0.459 e. The van der Waals surface area contributed by atoms with Crippen molar-refractivity contribution in [1.82, 2.24) is 9.55 Å². The lowest BCUT2D eigenvalue weighted by atomic mass is 10.1. The average molecular weight is 529 g/mol. The minimum atomic E-state index is -0.943. The number of aliphatic hydroxyl groups excluding tert-OH is 1. The molecule has 2 aromatic rings. The summed E-state index contributed by atoms with van der Waals surface area (Å²) in [4.78, 5) is 41.8. The fourth-order valence-electron chi connectivity index (χ4n) is 2.88. The normalized spacial score (nSPS) is 20.7. The molecule has 12 heteroatoms. The Bertz CT molecular complexity index is 1060. The molecule has 30 heavy (non-hydrogen) atoms. The Labute approximate surface area is 183 Å². The first-order valence-corrected chi connectivity index (χ1v) is 9.98. The van der Waals surface area contributed by atoms with Gasteiger partial charge < -0.3 is 26.0 Å². The highest BCUT2D eigenvalue weighted by molar-refractivity contribution is 14.1. The van der Waals surface area contributed by atoms with Crippen molar-refractivity contribution in [1.29, 1.82) is 0 Å². The first-order valence-electron chi connectivity index (χ1n) is 8.90. The van der Waals surface area contributed by atoms with Gasteiger partial charge in [-0.05, 0) is 40.3 Å². The number of esters is 1. The van der Waals surface area contributed by atoms with E-state index in [1.54, 1.807) is 46.9 Å². The van der Waals surface area contributed by atoms with Crippen molar-refractivity contribution in [2.75, 3.05) is 6.61 Å². The van der Waals surface area contributed by atoms with Gasteiger partial charge >= 0.3 is 11.7 Å². The summed E-state index contributed by atoms with van der Waals surface area (Å²) in [6.07, 6.45) is -1.06. The Kier molecular flexibility index (Phi) is 6.89. The van der Waals surface area contributed by atoms with Crippen molar-refractivity contribution < 1.29 is 19.4 Å². The number of aromatic nitrogens is 2. The summed E-state index contributed by atoms with van der Waals surface area (Å²) in [6, 6.07) is 6.56. The third kappa shape index (κ3) is 5.25. The SMILES string of the molecule is NC(N)=NCc1ccc(C(=O)OC[C@H]2O[C@@H](n3cc(I)c(=O)[nH]c3=O)C[C@@H]2O)cc1. The number of benzene rings is 1. The van der Waals surface area contributed by atoms with Crippen LogP contribution in [-0.4, -0.2) is 45.4 Å². The molecule has 0 bridgehead atoms. The van der Waals surface area contributed by atoms with Crippen LogP contribution in [0.5, 0.6) is 0 Å². The molecule has 0 saturated carbocycles. The first-order chi connectivity index (χ1) is 14.2. The highest BCUT2D eigenvalue weighted by atomic mass is 127. The Hall–Kier alpha value is -2.71. The lowest BCUT2D eigenvalue weighted by Gasteiger charge is -2.16. The number of aliphatic hydroxyl groups is 1. The van der Waals surface area contributed by atoms with Crippen molar-refractivity contribution >= 4 is 34.5 Å². The summed E-state index contributed by atoms with van der Waals surface area (Å²) >= 11 is 1.80. The summed E-state index contributed by atoms with van der Waals surface area (Å²) in [6.45, 7) is 0.103. The van der Waals surface area contributed by atoms with Gasteiger partial charge in [-0.2, -0.15) is 0 Å². The lowest BCUT2D eigenvalue weighted by molar-refractivity contribution is -0.0532. The number of carbonyl (C=O) groups excluding carboxylic acids is 1. The van der Waals surface area contributed by atoms with Crippen molar-refractivity contribution in [2.24, 2.45) is 16.5 Å². The predicted molar refractivity (Wildman–Crippen MR) is 115 cm³/mol. The molecular weight excluding hydrogens is 509 g/mol. The van der Waals surface area contributed by atoms with Crippen LogP contribution in [0.15, 0.2) is 45.0 Å². The largest absolute Gasteiger partial charge is 0.459 e. The molecule has 3 rings (SSSR count). The number of halogens is 1. The van der Waals surface area contributed by atoms with Gasteiger partial charge in [-0.3, -0.25) is 14.3 Å². The van der Waals surface area contributed by atoms with Gasteiger partial charge in [-0.15, -0.1) is 0 Å². The minimum absolute atomic E-state index is 0.0225. The zero-order valence-electron chi connectivity index (χ0n) is 15.7. The summed E-state index contributed by atoms with van der Waals surface area (Å²) in [7, 11) is 0. The monoisotopic (exact) mass is 529 g/mol. The fourth-order valence-corrected chi connectivity index (χ4v) is 3.32. The fraction of sp³-hybridized carbons (Fsp3) is 0.333. The number of nitrogens with zero attached hydrogens (tertiary/aromatic N) is 2. The van der Waals surface area contributed by atoms with Gasteiger partial charge in [0.2, 0.25) is 0 Å². The molecule has 0 radical (unpaired) electrons. The third-order valence-electron chi connectivity index (χ3n) is 4.45. The maximum absolute atomic E-state index is 12.3. The molecule has 1 saturated heterocycles. The summed E-state index contributed by atoms with van der Waals surface area (Å²) in [5, 5.41) is 10.2. The number of guanidine groups is 1. The molecule has 0 unspecified atom stereocenters. The number of carbonyl (C=O) groups is 1. The van der Waals surface area contributed by atoms with Crippen LogP contribution >= 0.6 is 22.6 Å². The van der Waals surface area contributed by atoms with Gasteiger partial charge in [0, 0.05) is 12.6 Å². The molecule has 6 N–H and O–H groups in total. The van der Waals surface area contributed by atoms with E-state index in [1.165, 1.54) is 10.8 Å². The molecule has 11 nitrogen and oxygen atoms in total. The third-order valence-corrected chi connectivity index (χ3v) is 5.22. The molecule has 1 fully saturated rings. The van der Waals surface area contributed by atoms with Gasteiger partial charge in [0.1, 0.15) is 18.9 Å². The Morgan fingerprint density at radius 2 is 2.03 bits per heavy atom. The Morgan fingerprint density at radius 1 is 1.33 bits per heavy atom. The molecule has 1 aromatic heterocycles. The topological polar surface area (TPSA) is 175 Å². The Balaban J connectivity index is 1.59. The molecular formula is C18H20IN5O6. The summed E-state index contributed by atoms with van der Waals surface area (Å²) in [5.74, 6) is -0.607. The number of hydrogen-bond donors (Lipinski definition) is 4. The predicted octanol–water partition coefficient (Wildman–Crippen LogP) is -0.580. The quantitative estimate of drug-likeness (QED) is 0.166. The second-order valence-electron chi connectivity index (χ2n) is 6.61. The number of rotatable bonds is 6. The van der Waals surface area contributed by atoms with Crippen molar-refractivity contribution in [3.63, 3.8) is 0 Å². The van der Waals surface area contributed by atoms with E-state index in [4.69, 9.17) is 20.9 Å². The van der Waals surface area contributed by atoms with Crippen LogP contribution in [0, 0.1) is 3.57 Å². The van der Waals surface area contributed by atoms with Crippen molar-refractivity contribution in [2.45, 2.75) is 31.4 Å². The van der Waals surface area contributed by atoms with Crippen LogP contribution in [0.1, 0.15) is 28.6 Å². The van der Waals surface area contributed by atoms with Gasteiger partial charge in [0.25, 0.3) is 5.56 Å². The number of aromatic amines is 1. The van der Waals surface area contributed by atoms with Crippen LogP contribution in [0.2, 0.25) is 0 Å². The summed E-state index contributed by atoms with van der Waals surface area (Å²) in [5.41, 5.74) is 10.6. The number of ether oxygens (including phenoxy) is 2. The molecule has 1 aromatic carbocycles. The molecule has 0 spiro atoms. The standard InChI is InChI=1S/C18H20IN5O6/c19-11-7-24(18(28)23-15(11)26)14-5-12(25)13(30-14)8-29-16(27)10-3-1-9(2-4-10)6-22-17(20)21/h1-4,7,12-14,25H,5-6,8H2,(H4,20,21,22)(H,23,26,28)/t12-,13+,14+/m0/s1. The maximum Gasteiger partial charge on any atom is 0.338 e. The average Bonchev–Trinajstić information content (AvgIpc) is 3.08. The van der Waals surface area contributed by atoms with Gasteiger partial charge in [-0.25, -0.2) is 14.6 Å². The lowest BCUT2D eigenvalue weighted by Crippen LogP contribution is -2.33. The first kappa shape index (κ1) is 22.0. The van der Waals surface area contributed by atoms with E-state index in [0.717, 1.165) is 5.56 Å². The van der Waals surface area contributed by atoms with Crippen LogP contribution in [0.25, 0.3) is 0 Å². The molecule has 0 aliphatic carbocycles. The zero-order valence-corrected chi connectivity index (χ0v) is 17.8. The molecule has 2 heterocycles. The zero-order chi connectivity index (χ0) is 21.8. The second kappa shape index (κ2) is 9.40. The number of hydrogen-bond acceptors (Lipinski definition) is 7. The van der Waals surface area contributed by atoms with Crippen LogP contribution in [0.4, 0.5) is 0 Å². The van der Waals surface area contributed by atoms with E-state index in [1.807, 2.05) is 0 Å². The molecule has 0 amide bonds. The molecule has 160 valence electrons. The van der Waals surface area contributed by atoms with E-state index in [2.05, 4.69) is 9.98 Å². The van der Waals surface area contributed by atoms with E-state index < -0.39 is 35.7 Å². The maximum atomic E-state index is 12.3. The van der Waals surface area contributed by atoms with Crippen LogP contribution in [0.3, 0.4) is 0 Å². The van der Waals surface area contributed by atoms with E-state index >= 15 is 0 Å². The number of H-pyrrole nitrogens is 1. The highest BCUT2D eigenvalue weighted by Gasteiger charge is 2.36. The number of nitrogens with two attached hydrogens (primary N) is 2.